The van der Waals surface area contributed by atoms with Gasteiger partial charge in [0.1, 0.15) is 23.9 Å². The first kappa shape index (κ1) is 18.1. The summed E-state index contributed by atoms with van der Waals surface area (Å²) in [6.45, 7) is 2.47. The average molecular weight is 352 g/mol. The Bertz CT molecular complexity index is 664. The molecule has 2 aromatic rings. The molecular formula is C18H19ClFNO3. The van der Waals surface area contributed by atoms with Crippen molar-refractivity contribution in [1.82, 2.24) is 5.32 Å². The van der Waals surface area contributed by atoms with E-state index in [0.717, 1.165) is 0 Å². The van der Waals surface area contributed by atoms with Crippen LogP contribution in [0.3, 0.4) is 0 Å². The van der Waals surface area contributed by atoms with Crippen LogP contribution < -0.4 is 14.8 Å². The Kier molecular flexibility index (Phi) is 6.88. The van der Waals surface area contributed by atoms with Gasteiger partial charge in [-0.1, -0.05) is 24.6 Å². The maximum Gasteiger partial charge on any atom is 0.261 e. The van der Waals surface area contributed by atoms with E-state index in [4.69, 9.17) is 21.1 Å². The first-order valence-corrected chi connectivity index (χ1v) is 8.04. The standard InChI is InChI=1S/C18H19ClFNO3/c1-2-17(24-16-5-3-4-13(19)12-16)18(22)21-10-11-23-15-8-6-14(20)7-9-15/h3-9,12,17H,2,10-11H2,1H3,(H,21,22)/t17-/m0/s1. The van der Waals surface area contributed by atoms with Gasteiger partial charge in [-0.15, -0.1) is 0 Å². The number of benzene rings is 2. The number of ether oxygens (including phenoxy) is 2. The summed E-state index contributed by atoms with van der Waals surface area (Å²) < 4.78 is 23.9. The summed E-state index contributed by atoms with van der Waals surface area (Å²) in [5, 5.41) is 3.31. The highest BCUT2D eigenvalue weighted by atomic mass is 35.5. The van der Waals surface area contributed by atoms with Crippen LogP contribution in [0.1, 0.15) is 13.3 Å². The molecule has 0 aliphatic rings. The third kappa shape index (κ3) is 5.74. The molecule has 24 heavy (non-hydrogen) atoms. The van der Waals surface area contributed by atoms with Crippen molar-refractivity contribution in [3.8, 4) is 11.5 Å². The molecule has 0 saturated carbocycles. The topological polar surface area (TPSA) is 47.6 Å². The van der Waals surface area contributed by atoms with Crippen LogP contribution in [0.15, 0.2) is 48.5 Å². The van der Waals surface area contributed by atoms with Gasteiger partial charge in [0.05, 0.1) is 6.54 Å². The van der Waals surface area contributed by atoms with Crippen LogP contribution in [0.2, 0.25) is 5.02 Å². The van der Waals surface area contributed by atoms with Crippen molar-refractivity contribution in [2.45, 2.75) is 19.4 Å². The van der Waals surface area contributed by atoms with Crippen LogP contribution in [-0.2, 0) is 4.79 Å². The normalized spacial score (nSPS) is 11.6. The zero-order valence-corrected chi connectivity index (χ0v) is 14.1. The fraction of sp³-hybridized carbons (Fsp3) is 0.278. The third-order valence-electron chi connectivity index (χ3n) is 3.22. The summed E-state index contributed by atoms with van der Waals surface area (Å²) >= 11 is 5.90. The van der Waals surface area contributed by atoms with Gasteiger partial charge < -0.3 is 14.8 Å². The molecule has 0 fully saturated rings. The number of rotatable bonds is 8. The van der Waals surface area contributed by atoms with Gasteiger partial charge in [0.25, 0.3) is 5.91 Å². The minimum atomic E-state index is -0.603. The highest BCUT2D eigenvalue weighted by Crippen LogP contribution is 2.19. The van der Waals surface area contributed by atoms with Crippen LogP contribution >= 0.6 is 11.6 Å². The number of carbonyl (C=O) groups excluding carboxylic acids is 1. The van der Waals surface area contributed by atoms with Crippen LogP contribution in [0.5, 0.6) is 11.5 Å². The molecule has 1 atom stereocenters. The van der Waals surface area contributed by atoms with Gasteiger partial charge in [-0.3, -0.25) is 4.79 Å². The minimum Gasteiger partial charge on any atom is -0.492 e. The predicted octanol–water partition coefficient (Wildman–Crippen LogP) is 3.83. The van der Waals surface area contributed by atoms with E-state index in [0.29, 0.717) is 29.5 Å². The van der Waals surface area contributed by atoms with Crippen LogP contribution in [-0.4, -0.2) is 25.2 Å². The maximum absolute atomic E-state index is 12.8. The van der Waals surface area contributed by atoms with Crippen molar-refractivity contribution in [3.63, 3.8) is 0 Å². The molecule has 128 valence electrons. The Labute approximate surface area is 145 Å². The van der Waals surface area contributed by atoms with Crippen LogP contribution in [0.25, 0.3) is 0 Å². The molecule has 6 heteroatoms. The molecule has 0 radical (unpaired) electrons. The lowest BCUT2D eigenvalue weighted by molar-refractivity contribution is -0.128. The van der Waals surface area contributed by atoms with Crippen LogP contribution in [0.4, 0.5) is 4.39 Å². The SMILES string of the molecule is CC[C@H](Oc1cccc(Cl)c1)C(=O)NCCOc1ccc(F)cc1. The fourth-order valence-electron chi connectivity index (χ4n) is 2.01. The number of hydrogen-bond acceptors (Lipinski definition) is 3. The predicted molar refractivity (Wildman–Crippen MR) is 91.1 cm³/mol. The van der Waals surface area contributed by atoms with Gasteiger partial charge in [-0.2, -0.15) is 0 Å². The molecule has 0 bridgehead atoms. The van der Waals surface area contributed by atoms with Crippen molar-refractivity contribution < 1.29 is 18.7 Å². The summed E-state index contributed by atoms with van der Waals surface area (Å²) in [5.41, 5.74) is 0. The lowest BCUT2D eigenvalue weighted by Gasteiger charge is -2.17. The first-order valence-electron chi connectivity index (χ1n) is 7.67. The van der Waals surface area contributed by atoms with Gasteiger partial charge in [0, 0.05) is 5.02 Å². The Balaban J connectivity index is 1.76. The van der Waals surface area contributed by atoms with Gasteiger partial charge in [0.2, 0.25) is 0 Å². The number of carbonyl (C=O) groups is 1. The highest BCUT2D eigenvalue weighted by Gasteiger charge is 2.17. The van der Waals surface area contributed by atoms with Gasteiger partial charge >= 0.3 is 0 Å². The van der Waals surface area contributed by atoms with E-state index in [-0.39, 0.29) is 18.3 Å². The Morgan fingerprint density at radius 3 is 2.62 bits per heavy atom. The summed E-state index contributed by atoms with van der Waals surface area (Å²) in [6, 6.07) is 12.6. The lowest BCUT2D eigenvalue weighted by Crippen LogP contribution is -2.39. The average Bonchev–Trinajstić information content (AvgIpc) is 2.58. The van der Waals surface area contributed by atoms with E-state index in [9.17, 15) is 9.18 Å². The molecule has 1 amide bonds. The minimum absolute atomic E-state index is 0.222. The van der Waals surface area contributed by atoms with Crippen molar-refractivity contribution in [2.24, 2.45) is 0 Å². The largest absolute Gasteiger partial charge is 0.492 e. The van der Waals surface area contributed by atoms with Crippen LogP contribution in [0, 0.1) is 5.82 Å². The van der Waals surface area contributed by atoms with Gasteiger partial charge in [-0.25, -0.2) is 4.39 Å². The fourth-order valence-corrected chi connectivity index (χ4v) is 2.19. The quantitative estimate of drug-likeness (QED) is 0.735. The van der Waals surface area contributed by atoms with E-state index in [1.165, 1.54) is 24.3 Å². The second-order valence-electron chi connectivity index (χ2n) is 5.07. The Hall–Kier alpha value is -2.27. The van der Waals surface area contributed by atoms with Crippen molar-refractivity contribution in [2.75, 3.05) is 13.2 Å². The van der Waals surface area contributed by atoms with E-state index in [1.807, 2.05) is 6.92 Å². The molecule has 0 aliphatic heterocycles. The third-order valence-corrected chi connectivity index (χ3v) is 3.46. The Morgan fingerprint density at radius 1 is 1.21 bits per heavy atom. The maximum atomic E-state index is 12.8. The molecule has 0 unspecified atom stereocenters. The van der Waals surface area contributed by atoms with Crippen molar-refractivity contribution in [1.29, 1.82) is 0 Å². The number of halogens is 2. The molecule has 0 saturated heterocycles. The molecule has 2 rings (SSSR count). The molecule has 0 spiro atoms. The van der Waals surface area contributed by atoms with E-state index in [1.54, 1.807) is 24.3 Å². The summed E-state index contributed by atoms with van der Waals surface area (Å²) in [5.74, 6) is 0.555. The second-order valence-corrected chi connectivity index (χ2v) is 5.50. The molecule has 2 aromatic carbocycles. The van der Waals surface area contributed by atoms with E-state index in [2.05, 4.69) is 5.32 Å². The van der Waals surface area contributed by atoms with Crippen molar-refractivity contribution >= 4 is 17.5 Å². The lowest BCUT2D eigenvalue weighted by atomic mass is 10.2. The molecule has 1 N–H and O–H groups in total. The smallest absolute Gasteiger partial charge is 0.261 e. The number of amides is 1. The first-order chi connectivity index (χ1) is 11.6. The number of hydrogen-bond donors (Lipinski definition) is 1. The van der Waals surface area contributed by atoms with E-state index < -0.39 is 6.10 Å². The zero-order valence-electron chi connectivity index (χ0n) is 13.3. The molecule has 0 aromatic heterocycles. The Morgan fingerprint density at radius 2 is 1.96 bits per heavy atom. The monoisotopic (exact) mass is 351 g/mol. The van der Waals surface area contributed by atoms with E-state index >= 15 is 0 Å². The highest BCUT2D eigenvalue weighted by molar-refractivity contribution is 6.30. The zero-order chi connectivity index (χ0) is 17.4. The van der Waals surface area contributed by atoms with Gasteiger partial charge in [-0.05, 0) is 48.9 Å². The summed E-state index contributed by atoms with van der Waals surface area (Å²) in [7, 11) is 0. The number of nitrogens with one attached hydrogen (secondary N) is 1. The van der Waals surface area contributed by atoms with Crippen molar-refractivity contribution in [3.05, 3.63) is 59.4 Å². The molecule has 0 heterocycles. The van der Waals surface area contributed by atoms with Gasteiger partial charge in [0.15, 0.2) is 6.10 Å². The molecule has 0 aliphatic carbocycles. The molecule has 4 nitrogen and oxygen atoms in total. The second kappa shape index (κ2) is 9.13. The summed E-state index contributed by atoms with van der Waals surface area (Å²) in [4.78, 5) is 12.1. The molecular weight excluding hydrogens is 333 g/mol. The summed E-state index contributed by atoms with van der Waals surface area (Å²) in [6.07, 6.45) is -0.0775.